The van der Waals surface area contributed by atoms with Gasteiger partial charge >= 0.3 is 0 Å². The highest BCUT2D eigenvalue weighted by Gasteiger charge is 2.24. The van der Waals surface area contributed by atoms with Crippen LogP contribution in [0.3, 0.4) is 0 Å². The van der Waals surface area contributed by atoms with Crippen molar-refractivity contribution in [2.24, 2.45) is 0 Å². The first-order valence-corrected chi connectivity index (χ1v) is 8.00. The quantitative estimate of drug-likeness (QED) is 0.770. The zero-order chi connectivity index (χ0) is 11.2. The van der Waals surface area contributed by atoms with Gasteiger partial charge < -0.3 is 10.2 Å². The van der Waals surface area contributed by atoms with Crippen molar-refractivity contribution in [2.45, 2.75) is 50.3 Å². The molecule has 1 aliphatic carbocycles. The van der Waals surface area contributed by atoms with Crippen LogP contribution < -0.4 is 5.32 Å². The number of hydrogen-bond acceptors (Lipinski definition) is 3. The Bertz CT molecular complexity index is 192. The summed E-state index contributed by atoms with van der Waals surface area (Å²) in [6.07, 6.45) is 7.06. The van der Waals surface area contributed by atoms with Crippen molar-refractivity contribution in [2.75, 3.05) is 31.9 Å². The molecule has 3 heteroatoms. The van der Waals surface area contributed by atoms with E-state index in [0.717, 1.165) is 11.3 Å². The molecule has 0 aromatic heterocycles. The van der Waals surface area contributed by atoms with Gasteiger partial charge in [0.05, 0.1) is 0 Å². The van der Waals surface area contributed by atoms with Crippen LogP contribution in [0.1, 0.15) is 39.0 Å². The molecule has 0 radical (unpaired) electrons. The van der Waals surface area contributed by atoms with Gasteiger partial charge in [0, 0.05) is 24.4 Å². The van der Waals surface area contributed by atoms with Crippen molar-refractivity contribution in [1.29, 1.82) is 0 Å². The monoisotopic (exact) mass is 242 g/mol. The van der Waals surface area contributed by atoms with Crippen LogP contribution in [0.5, 0.6) is 0 Å². The Labute approximate surface area is 105 Å². The molecule has 94 valence electrons. The van der Waals surface area contributed by atoms with Crippen molar-refractivity contribution < 1.29 is 0 Å². The van der Waals surface area contributed by atoms with Crippen LogP contribution in [0.15, 0.2) is 0 Å². The second kappa shape index (κ2) is 6.87. The van der Waals surface area contributed by atoms with E-state index in [1.807, 2.05) is 0 Å². The van der Waals surface area contributed by atoms with Gasteiger partial charge in [-0.1, -0.05) is 6.92 Å². The summed E-state index contributed by atoms with van der Waals surface area (Å²) in [7, 11) is 0. The topological polar surface area (TPSA) is 15.3 Å². The molecule has 2 atom stereocenters. The molecule has 2 aliphatic rings. The smallest absolute Gasteiger partial charge is 0.0107 e. The highest BCUT2D eigenvalue weighted by Crippen LogP contribution is 2.29. The fraction of sp³-hybridized carbons (Fsp3) is 1.00. The van der Waals surface area contributed by atoms with Crippen LogP contribution in [-0.2, 0) is 0 Å². The lowest BCUT2D eigenvalue weighted by atomic mass is 10.2. The lowest BCUT2D eigenvalue weighted by Crippen LogP contribution is -2.35. The molecule has 1 saturated heterocycles. The summed E-state index contributed by atoms with van der Waals surface area (Å²) >= 11 is 2.15. The number of rotatable bonds is 6. The zero-order valence-corrected chi connectivity index (χ0v) is 11.4. The third-order valence-corrected chi connectivity index (χ3v) is 5.08. The molecule has 0 bridgehead atoms. The largest absolute Gasteiger partial charge is 0.313 e. The van der Waals surface area contributed by atoms with Crippen molar-refractivity contribution in [3.63, 3.8) is 0 Å². The minimum atomic E-state index is 0.812. The standard InChI is InChI=1S/C13H26N2S/c1-2-16-13-6-5-12(11-13)14-7-10-15-8-3-4-9-15/h12-14H,2-11H2,1H3. The van der Waals surface area contributed by atoms with Crippen LogP contribution in [-0.4, -0.2) is 48.1 Å². The predicted octanol–water partition coefficient (Wildman–Crippen LogP) is 2.35. The average Bonchev–Trinajstić information content (AvgIpc) is 2.90. The summed E-state index contributed by atoms with van der Waals surface area (Å²) in [5.41, 5.74) is 0. The maximum atomic E-state index is 3.74. The Kier molecular flexibility index (Phi) is 5.46. The minimum absolute atomic E-state index is 0.812. The summed E-state index contributed by atoms with van der Waals surface area (Å²) in [4.78, 5) is 2.60. The van der Waals surface area contributed by atoms with Gasteiger partial charge in [0.2, 0.25) is 0 Å². The van der Waals surface area contributed by atoms with Gasteiger partial charge in [0.15, 0.2) is 0 Å². The molecule has 2 rings (SSSR count). The molecule has 1 heterocycles. The van der Waals surface area contributed by atoms with E-state index in [-0.39, 0.29) is 0 Å². The maximum absolute atomic E-state index is 3.74. The maximum Gasteiger partial charge on any atom is 0.0107 e. The molecular formula is C13H26N2S. The van der Waals surface area contributed by atoms with Gasteiger partial charge in [-0.25, -0.2) is 0 Å². The van der Waals surface area contributed by atoms with E-state index in [4.69, 9.17) is 0 Å². The second-order valence-corrected chi connectivity index (χ2v) is 6.67. The summed E-state index contributed by atoms with van der Waals surface area (Å²) < 4.78 is 0. The summed E-state index contributed by atoms with van der Waals surface area (Å²) in [6.45, 7) is 7.41. The summed E-state index contributed by atoms with van der Waals surface area (Å²) in [5.74, 6) is 1.28. The van der Waals surface area contributed by atoms with Crippen LogP contribution in [0.4, 0.5) is 0 Å². The third-order valence-electron chi connectivity index (χ3n) is 3.85. The highest BCUT2D eigenvalue weighted by atomic mass is 32.2. The molecule has 1 saturated carbocycles. The van der Waals surface area contributed by atoms with E-state index < -0.39 is 0 Å². The van der Waals surface area contributed by atoms with Gasteiger partial charge in [0.25, 0.3) is 0 Å². The minimum Gasteiger partial charge on any atom is -0.313 e. The summed E-state index contributed by atoms with van der Waals surface area (Å²) in [6, 6.07) is 0.812. The second-order valence-electron chi connectivity index (χ2n) is 5.09. The number of nitrogens with zero attached hydrogens (tertiary/aromatic N) is 1. The van der Waals surface area contributed by atoms with E-state index >= 15 is 0 Å². The first-order valence-electron chi connectivity index (χ1n) is 6.96. The van der Waals surface area contributed by atoms with Gasteiger partial charge in [-0.2, -0.15) is 11.8 Å². The average molecular weight is 242 g/mol. The predicted molar refractivity (Wildman–Crippen MR) is 73.2 cm³/mol. The first kappa shape index (κ1) is 12.7. The fourth-order valence-corrected chi connectivity index (χ4v) is 4.09. The molecule has 1 N–H and O–H groups in total. The number of hydrogen-bond donors (Lipinski definition) is 1. The first-order chi connectivity index (χ1) is 7.88. The van der Waals surface area contributed by atoms with Crippen LogP contribution in [0.25, 0.3) is 0 Å². The fourth-order valence-electron chi connectivity index (χ4n) is 2.95. The zero-order valence-electron chi connectivity index (χ0n) is 10.6. The summed E-state index contributed by atoms with van der Waals surface area (Å²) in [5, 5.41) is 4.68. The molecular weight excluding hydrogens is 216 g/mol. The molecule has 0 aromatic rings. The van der Waals surface area contributed by atoms with E-state index in [2.05, 4.69) is 28.9 Å². The number of likely N-dealkylation sites (tertiary alicyclic amines) is 1. The van der Waals surface area contributed by atoms with E-state index in [9.17, 15) is 0 Å². The Morgan fingerprint density at radius 1 is 1.25 bits per heavy atom. The molecule has 0 aromatic carbocycles. The van der Waals surface area contributed by atoms with Crippen molar-refractivity contribution in [3.8, 4) is 0 Å². The van der Waals surface area contributed by atoms with E-state index in [1.54, 1.807) is 0 Å². The number of thioether (sulfide) groups is 1. The molecule has 16 heavy (non-hydrogen) atoms. The number of nitrogens with one attached hydrogen (secondary N) is 1. The molecule has 2 nitrogen and oxygen atoms in total. The Hall–Kier alpha value is 0.270. The van der Waals surface area contributed by atoms with Gasteiger partial charge in [-0.15, -0.1) is 0 Å². The highest BCUT2D eigenvalue weighted by molar-refractivity contribution is 7.99. The van der Waals surface area contributed by atoms with E-state index in [1.165, 1.54) is 64.0 Å². The molecule has 2 fully saturated rings. The van der Waals surface area contributed by atoms with Crippen molar-refractivity contribution in [3.05, 3.63) is 0 Å². The molecule has 0 spiro atoms. The van der Waals surface area contributed by atoms with Crippen LogP contribution in [0.2, 0.25) is 0 Å². The molecule has 0 amide bonds. The lowest BCUT2D eigenvalue weighted by Gasteiger charge is -2.18. The molecule has 1 aliphatic heterocycles. The molecule has 2 unspecified atom stereocenters. The third kappa shape index (κ3) is 3.94. The Morgan fingerprint density at radius 2 is 2.06 bits per heavy atom. The van der Waals surface area contributed by atoms with Gasteiger partial charge in [-0.05, 0) is 50.9 Å². The SMILES string of the molecule is CCSC1CCC(NCCN2CCCC2)C1. The van der Waals surface area contributed by atoms with Crippen LogP contribution >= 0.6 is 11.8 Å². The normalized spacial score (nSPS) is 31.3. The van der Waals surface area contributed by atoms with Gasteiger partial charge in [-0.3, -0.25) is 0 Å². The van der Waals surface area contributed by atoms with Crippen LogP contribution in [0, 0.1) is 0 Å². The lowest BCUT2D eigenvalue weighted by molar-refractivity contribution is 0.327. The van der Waals surface area contributed by atoms with Crippen molar-refractivity contribution in [1.82, 2.24) is 10.2 Å². The Balaban J connectivity index is 1.53. The van der Waals surface area contributed by atoms with Crippen molar-refractivity contribution >= 4 is 11.8 Å². The van der Waals surface area contributed by atoms with E-state index in [0.29, 0.717) is 0 Å². The van der Waals surface area contributed by atoms with Gasteiger partial charge in [0.1, 0.15) is 0 Å². The Morgan fingerprint density at radius 3 is 2.81 bits per heavy atom.